The number of carbonyl (C=O) groups is 3. The van der Waals surface area contributed by atoms with Crippen LogP contribution in [-0.4, -0.2) is 24.6 Å². The van der Waals surface area contributed by atoms with Crippen LogP contribution in [0.3, 0.4) is 0 Å². The Kier molecular flexibility index (Phi) is 8.04. The number of nitrogens with one attached hydrogen (secondary N) is 2. The van der Waals surface area contributed by atoms with Crippen molar-refractivity contribution in [1.82, 2.24) is 5.32 Å². The normalized spacial score (nSPS) is 13.5. The molecule has 2 aromatic carbocycles. The molecule has 1 aliphatic rings. The SMILES string of the molecule is CCOC(=O)Oc1ccc(C(=O)NCc2ccccc2NC(=O)CC2CCCC2)cc1. The number of para-hydroxylation sites is 1. The van der Waals surface area contributed by atoms with Gasteiger partial charge in [0.25, 0.3) is 5.91 Å². The van der Waals surface area contributed by atoms with Crippen LogP contribution < -0.4 is 15.4 Å². The number of rotatable bonds is 8. The maximum absolute atomic E-state index is 12.5. The van der Waals surface area contributed by atoms with E-state index in [4.69, 9.17) is 9.47 Å². The van der Waals surface area contributed by atoms with Gasteiger partial charge in [-0.05, 0) is 61.6 Å². The van der Waals surface area contributed by atoms with Crippen LogP contribution in [-0.2, 0) is 16.1 Å². The zero-order chi connectivity index (χ0) is 22.1. The van der Waals surface area contributed by atoms with Crippen LogP contribution >= 0.6 is 0 Å². The van der Waals surface area contributed by atoms with Crippen LogP contribution in [0, 0.1) is 5.92 Å². The second-order valence-electron chi connectivity index (χ2n) is 7.55. The van der Waals surface area contributed by atoms with Crippen molar-refractivity contribution < 1.29 is 23.9 Å². The van der Waals surface area contributed by atoms with E-state index in [1.807, 2.05) is 24.3 Å². The summed E-state index contributed by atoms with van der Waals surface area (Å²) in [7, 11) is 0. The Morgan fingerprint density at radius 2 is 1.71 bits per heavy atom. The molecule has 7 nitrogen and oxygen atoms in total. The van der Waals surface area contributed by atoms with Crippen molar-refractivity contribution in [2.45, 2.75) is 45.6 Å². The minimum absolute atomic E-state index is 0.0165. The predicted molar refractivity (Wildman–Crippen MR) is 117 cm³/mol. The van der Waals surface area contributed by atoms with Gasteiger partial charge >= 0.3 is 6.16 Å². The quantitative estimate of drug-likeness (QED) is 0.474. The summed E-state index contributed by atoms with van der Waals surface area (Å²) in [5, 5.41) is 5.85. The molecule has 1 aliphatic carbocycles. The van der Waals surface area contributed by atoms with Gasteiger partial charge in [-0.15, -0.1) is 0 Å². The number of hydrogen-bond acceptors (Lipinski definition) is 5. The highest BCUT2D eigenvalue weighted by molar-refractivity contribution is 5.95. The van der Waals surface area contributed by atoms with E-state index in [9.17, 15) is 14.4 Å². The molecule has 0 heterocycles. The lowest BCUT2D eigenvalue weighted by molar-refractivity contribution is -0.117. The van der Waals surface area contributed by atoms with Gasteiger partial charge in [0.15, 0.2) is 0 Å². The molecule has 0 spiro atoms. The van der Waals surface area contributed by atoms with Crippen molar-refractivity contribution in [1.29, 1.82) is 0 Å². The van der Waals surface area contributed by atoms with Gasteiger partial charge in [-0.2, -0.15) is 0 Å². The third kappa shape index (κ3) is 6.84. The van der Waals surface area contributed by atoms with E-state index in [0.29, 0.717) is 29.3 Å². The summed E-state index contributed by atoms with van der Waals surface area (Å²) < 4.78 is 9.70. The molecule has 0 saturated heterocycles. The van der Waals surface area contributed by atoms with E-state index in [1.54, 1.807) is 19.1 Å². The van der Waals surface area contributed by atoms with Crippen LogP contribution in [0.1, 0.15) is 54.9 Å². The zero-order valence-electron chi connectivity index (χ0n) is 17.7. The summed E-state index contributed by atoms with van der Waals surface area (Å²) in [5.41, 5.74) is 1.97. The third-order valence-corrected chi connectivity index (χ3v) is 5.26. The molecule has 2 amide bonds. The molecule has 1 saturated carbocycles. The summed E-state index contributed by atoms with van der Waals surface area (Å²) in [6, 6.07) is 13.6. The Morgan fingerprint density at radius 3 is 2.42 bits per heavy atom. The molecule has 7 heteroatoms. The minimum Gasteiger partial charge on any atom is -0.434 e. The lowest BCUT2D eigenvalue weighted by Gasteiger charge is -2.14. The monoisotopic (exact) mass is 424 g/mol. The first-order valence-corrected chi connectivity index (χ1v) is 10.7. The van der Waals surface area contributed by atoms with Crippen molar-refractivity contribution in [3.05, 3.63) is 59.7 Å². The highest BCUT2D eigenvalue weighted by Crippen LogP contribution is 2.28. The fourth-order valence-electron chi connectivity index (χ4n) is 3.67. The Bertz CT molecular complexity index is 904. The molecular formula is C24H28N2O5. The first kappa shape index (κ1) is 22.3. The van der Waals surface area contributed by atoms with Gasteiger partial charge in [-0.1, -0.05) is 31.0 Å². The number of benzene rings is 2. The average Bonchev–Trinajstić information content (AvgIpc) is 3.26. The summed E-state index contributed by atoms with van der Waals surface area (Å²) >= 11 is 0. The molecule has 31 heavy (non-hydrogen) atoms. The smallest absolute Gasteiger partial charge is 0.434 e. The van der Waals surface area contributed by atoms with Gasteiger partial charge in [0.05, 0.1) is 6.61 Å². The molecule has 0 aliphatic heterocycles. The number of carbonyl (C=O) groups excluding carboxylic acids is 3. The standard InChI is InChI=1S/C24H28N2O5/c1-2-30-24(29)31-20-13-11-18(12-14-20)23(28)25-16-19-9-5-6-10-21(19)26-22(27)15-17-7-3-4-8-17/h5-6,9-14,17H,2-4,7-8,15-16H2,1H3,(H,25,28)(H,26,27). The van der Waals surface area contributed by atoms with Gasteiger partial charge in [-0.3, -0.25) is 9.59 Å². The van der Waals surface area contributed by atoms with E-state index >= 15 is 0 Å². The van der Waals surface area contributed by atoms with Gasteiger partial charge in [0, 0.05) is 24.2 Å². The number of hydrogen-bond donors (Lipinski definition) is 2. The van der Waals surface area contributed by atoms with Crippen LogP contribution in [0.15, 0.2) is 48.5 Å². The molecule has 3 rings (SSSR count). The van der Waals surface area contributed by atoms with Crippen molar-refractivity contribution in [2.75, 3.05) is 11.9 Å². The van der Waals surface area contributed by atoms with E-state index in [0.717, 1.165) is 18.4 Å². The molecular weight excluding hydrogens is 396 g/mol. The predicted octanol–water partition coefficient (Wildman–Crippen LogP) is 4.67. The van der Waals surface area contributed by atoms with Crippen molar-refractivity contribution in [3.63, 3.8) is 0 Å². The Balaban J connectivity index is 1.54. The van der Waals surface area contributed by atoms with Gasteiger partial charge < -0.3 is 20.1 Å². The lowest BCUT2D eigenvalue weighted by Crippen LogP contribution is -2.24. The zero-order valence-corrected chi connectivity index (χ0v) is 17.7. The largest absolute Gasteiger partial charge is 0.513 e. The summed E-state index contributed by atoms with van der Waals surface area (Å²) in [6.45, 7) is 2.19. The van der Waals surface area contributed by atoms with E-state index < -0.39 is 6.16 Å². The van der Waals surface area contributed by atoms with Gasteiger partial charge in [-0.25, -0.2) is 4.79 Å². The van der Waals surface area contributed by atoms with Gasteiger partial charge in [0.1, 0.15) is 5.75 Å². The van der Waals surface area contributed by atoms with Crippen LogP contribution in [0.25, 0.3) is 0 Å². The van der Waals surface area contributed by atoms with Crippen LogP contribution in [0.2, 0.25) is 0 Å². The van der Waals surface area contributed by atoms with Crippen molar-refractivity contribution in [3.8, 4) is 5.75 Å². The first-order valence-electron chi connectivity index (χ1n) is 10.7. The molecule has 0 unspecified atom stereocenters. The molecule has 1 fully saturated rings. The topological polar surface area (TPSA) is 93.7 Å². The third-order valence-electron chi connectivity index (χ3n) is 5.26. The van der Waals surface area contributed by atoms with Crippen LogP contribution in [0.4, 0.5) is 10.5 Å². The molecule has 2 N–H and O–H groups in total. The second-order valence-corrected chi connectivity index (χ2v) is 7.55. The van der Waals surface area contributed by atoms with Gasteiger partial charge in [0.2, 0.25) is 5.91 Å². The summed E-state index contributed by atoms with van der Waals surface area (Å²) in [5.74, 6) is 0.519. The number of amides is 2. The fraction of sp³-hybridized carbons (Fsp3) is 0.375. The fourth-order valence-corrected chi connectivity index (χ4v) is 3.67. The van der Waals surface area contributed by atoms with Crippen molar-refractivity contribution in [2.24, 2.45) is 5.92 Å². The summed E-state index contributed by atoms with van der Waals surface area (Å²) in [6.07, 6.45) is 4.41. The van der Waals surface area contributed by atoms with E-state index in [1.165, 1.54) is 25.0 Å². The highest BCUT2D eigenvalue weighted by Gasteiger charge is 2.19. The molecule has 0 bridgehead atoms. The maximum atomic E-state index is 12.5. The number of anilines is 1. The highest BCUT2D eigenvalue weighted by atomic mass is 16.7. The molecule has 0 aromatic heterocycles. The molecule has 164 valence electrons. The van der Waals surface area contributed by atoms with E-state index in [-0.39, 0.29) is 25.0 Å². The average molecular weight is 424 g/mol. The lowest BCUT2D eigenvalue weighted by atomic mass is 10.0. The Morgan fingerprint density at radius 1 is 1.00 bits per heavy atom. The van der Waals surface area contributed by atoms with Crippen LogP contribution in [0.5, 0.6) is 5.75 Å². The molecule has 2 aromatic rings. The molecule has 0 atom stereocenters. The number of ether oxygens (including phenoxy) is 2. The van der Waals surface area contributed by atoms with Crippen molar-refractivity contribution >= 4 is 23.7 Å². The minimum atomic E-state index is -0.786. The van der Waals surface area contributed by atoms with E-state index in [2.05, 4.69) is 10.6 Å². The molecule has 0 radical (unpaired) electrons. The second kappa shape index (κ2) is 11.2. The maximum Gasteiger partial charge on any atom is 0.513 e. The first-order chi connectivity index (χ1) is 15.0. The Hall–Kier alpha value is -3.35. The summed E-state index contributed by atoms with van der Waals surface area (Å²) in [4.78, 5) is 36.2. The Labute approximate surface area is 182 Å².